The number of nitro groups is 1. The molecule has 11 nitrogen and oxygen atoms in total. The van der Waals surface area contributed by atoms with E-state index in [0.29, 0.717) is 18.6 Å². The fraction of sp³-hybridized carbons (Fsp3) is 0.688. The van der Waals surface area contributed by atoms with Gasteiger partial charge < -0.3 is 18.3 Å². The van der Waals surface area contributed by atoms with E-state index in [1.165, 1.54) is 16.8 Å². The summed E-state index contributed by atoms with van der Waals surface area (Å²) in [6.07, 6.45) is -0.151. The van der Waals surface area contributed by atoms with Crippen molar-refractivity contribution in [1.29, 1.82) is 0 Å². The lowest BCUT2D eigenvalue weighted by atomic mass is 9.97. The van der Waals surface area contributed by atoms with Gasteiger partial charge in [0.1, 0.15) is 12.3 Å². The highest BCUT2D eigenvalue weighted by molar-refractivity contribution is 6.74. The molecule has 1 aromatic heterocycles. The maximum Gasteiger partial charge on any atom is 0.330 e. The first-order valence-corrected chi connectivity index (χ1v) is 21.5. The lowest BCUT2D eigenvalue weighted by molar-refractivity contribution is -0.386. The van der Waals surface area contributed by atoms with Crippen molar-refractivity contribution in [3.05, 3.63) is 72.5 Å². The van der Waals surface area contributed by atoms with Gasteiger partial charge in [0, 0.05) is 18.7 Å². The van der Waals surface area contributed by atoms with Crippen LogP contribution in [0.2, 0.25) is 36.3 Å². The minimum absolute atomic E-state index is 0.0135. The summed E-state index contributed by atoms with van der Waals surface area (Å²) in [6.45, 7) is 25.8. The van der Waals surface area contributed by atoms with Crippen LogP contribution in [0.15, 0.2) is 40.1 Å². The number of nitrogens with zero attached hydrogens (tertiary/aromatic N) is 2. The van der Waals surface area contributed by atoms with Crippen molar-refractivity contribution in [3.8, 4) is 0 Å². The number of rotatable bonds is 12. The normalized spacial score (nSPS) is 20.5. The summed E-state index contributed by atoms with van der Waals surface area (Å²) in [6, 6.07) is 6.42. The fourth-order valence-corrected chi connectivity index (χ4v) is 7.14. The maximum absolute atomic E-state index is 13.1. The number of ether oxygens (including phenoxy) is 2. The molecule has 0 spiro atoms. The molecule has 1 N–H and O–H groups in total. The molecule has 1 saturated heterocycles. The molecular formula is C32H53N3O8Si2. The molecule has 0 unspecified atom stereocenters. The van der Waals surface area contributed by atoms with Crippen LogP contribution < -0.4 is 11.2 Å². The first-order valence-electron chi connectivity index (χ1n) is 15.7. The van der Waals surface area contributed by atoms with Gasteiger partial charge in [-0.3, -0.25) is 24.5 Å². The number of para-hydroxylation sites is 1. The summed E-state index contributed by atoms with van der Waals surface area (Å²) in [4.78, 5) is 39.7. The molecule has 0 radical (unpaired) electrons. The van der Waals surface area contributed by atoms with Crippen LogP contribution in [0.5, 0.6) is 0 Å². The Balaban J connectivity index is 1.91. The van der Waals surface area contributed by atoms with Crippen LogP contribution in [-0.2, 0) is 24.9 Å². The standard InChI is InChI=1S/C32H53N3O8Si2/c1-21(2)28(23-15-13-14-16-24(23)35(38)39)40-19-22-18-34(30(37)33-29(22)36)27-17-25(43-45(11,12)32(6,7)8)26(42-27)20-41-44(9,10)31(3,4)5/h13-16,18,21,25-28H,17,19-20H2,1-12H3,(H,33,36,37)/t25-,26-,27-,28-/m1/s1. The average molecular weight is 664 g/mol. The van der Waals surface area contributed by atoms with Crippen LogP contribution in [0.1, 0.15) is 85.3 Å². The monoisotopic (exact) mass is 663 g/mol. The molecule has 1 fully saturated rings. The average Bonchev–Trinajstić information content (AvgIpc) is 3.28. The Labute approximate surface area is 269 Å². The minimum Gasteiger partial charge on any atom is -0.414 e. The zero-order valence-electron chi connectivity index (χ0n) is 29.1. The zero-order chi connectivity index (χ0) is 34.1. The quantitative estimate of drug-likeness (QED) is 0.145. The summed E-state index contributed by atoms with van der Waals surface area (Å²) < 4.78 is 27.4. The van der Waals surface area contributed by atoms with Crippen molar-refractivity contribution in [2.24, 2.45) is 5.92 Å². The first kappa shape index (κ1) is 37.0. The number of hydrogen-bond acceptors (Lipinski definition) is 8. The van der Waals surface area contributed by atoms with Crippen LogP contribution >= 0.6 is 0 Å². The number of aromatic nitrogens is 2. The van der Waals surface area contributed by atoms with Gasteiger partial charge in [0.15, 0.2) is 16.6 Å². The molecule has 13 heteroatoms. The highest BCUT2D eigenvalue weighted by Crippen LogP contribution is 2.42. The molecule has 2 aromatic rings. The Hall–Kier alpha value is -2.43. The number of nitro benzene ring substituents is 1. The number of nitrogens with one attached hydrogen (secondary N) is 1. The maximum atomic E-state index is 13.1. The molecule has 3 rings (SSSR count). The van der Waals surface area contributed by atoms with Gasteiger partial charge in [-0.2, -0.15) is 0 Å². The molecule has 1 aliphatic rings. The van der Waals surface area contributed by atoms with Crippen LogP contribution in [-0.4, -0.2) is 49.9 Å². The smallest absolute Gasteiger partial charge is 0.330 e. The van der Waals surface area contributed by atoms with E-state index in [9.17, 15) is 19.7 Å². The lowest BCUT2D eigenvalue weighted by Crippen LogP contribution is -2.48. The van der Waals surface area contributed by atoms with Crippen molar-refractivity contribution < 1.29 is 23.2 Å². The molecular weight excluding hydrogens is 611 g/mol. The van der Waals surface area contributed by atoms with E-state index in [2.05, 4.69) is 72.7 Å². The molecule has 0 bridgehead atoms. The number of benzene rings is 1. The molecule has 1 aliphatic heterocycles. The highest BCUT2D eigenvalue weighted by Gasteiger charge is 2.47. The van der Waals surface area contributed by atoms with Gasteiger partial charge in [0.2, 0.25) is 0 Å². The van der Waals surface area contributed by atoms with Crippen molar-refractivity contribution in [1.82, 2.24) is 9.55 Å². The largest absolute Gasteiger partial charge is 0.414 e. The third-order valence-corrected chi connectivity index (χ3v) is 18.7. The third-order valence-electron chi connectivity index (χ3n) is 9.66. The summed E-state index contributed by atoms with van der Waals surface area (Å²) >= 11 is 0. The molecule has 4 atom stereocenters. The van der Waals surface area contributed by atoms with E-state index in [4.69, 9.17) is 18.3 Å². The summed E-state index contributed by atoms with van der Waals surface area (Å²) in [7, 11) is -4.30. The Morgan fingerprint density at radius 2 is 1.64 bits per heavy atom. The molecule has 1 aromatic carbocycles. The number of aromatic amines is 1. The van der Waals surface area contributed by atoms with E-state index < -0.39 is 51.2 Å². The first-order chi connectivity index (χ1) is 20.6. The Bertz CT molecular complexity index is 1460. The van der Waals surface area contributed by atoms with Gasteiger partial charge in [-0.25, -0.2) is 4.79 Å². The second kappa shape index (κ2) is 13.7. The van der Waals surface area contributed by atoms with Gasteiger partial charge in [0.25, 0.3) is 11.2 Å². The number of hydrogen-bond donors (Lipinski definition) is 1. The van der Waals surface area contributed by atoms with E-state index in [-0.39, 0.29) is 40.0 Å². The van der Waals surface area contributed by atoms with E-state index in [1.54, 1.807) is 18.2 Å². The minimum atomic E-state index is -2.21. The van der Waals surface area contributed by atoms with Crippen LogP contribution in [0.3, 0.4) is 0 Å². The Morgan fingerprint density at radius 1 is 1.04 bits per heavy atom. The predicted octanol–water partition coefficient (Wildman–Crippen LogP) is 7.06. The van der Waals surface area contributed by atoms with Crippen LogP contribution in [0.25, 0.3) is 0 Å². The van der Waals surface area contributed by atoms with Crippen LogP contribution in [0, 0.1) is 16.0 Å². The SMILES string of the molecule is CC(C)[C@@H](OCc1cn([C@H]2C[C@@H](O[Si](C)(C)C(C)(C)C)[C@@H](CO[Si](C)(C)C(C)(C)C)O2)c(=O)[nH]c1=O)c1ccccc1[N+](=O)[O-]. The topological polar surface area (TPSA) is 135 Å². The molecule has 0 saturated carbocycles. The second-order valence-corrected chi connectivity index (χ2v) is 25.0. The molecule has 0 amide bonds. The molecule has 252 valence electrons. The van der Waals surface area contributed by atoms with Gasteiger partial charge >= 0.3 is 5.69 Å². The van der Waals surface area contributed by atoms with E-state index in [0.717, 1.165) is 0 Å². The van der Waals surface area contributed by atoms with Crippen LogP contribution in [0.4, 0.5) is 5.69 Å². The van der Waals surface area contributed by atoms with Crippen molar-refractivity contribution >= 4 is 22.3 Å². The zero-order valence-corrected chi connectivity index (χ0v) is 31.1. The van der Waals surface area contributed by atoms with E-state index >= 15 is 0 Å². The Morgan fingerprint density at radius 3 is 2.20 bits per heavy atom. The van der Waals surface area contributed by atoms with Crippen molar-refractivity contribution in [2.75, 3.05) is 6.61 Å². The van der Waals surface area contributed by atoms with Crippen molar-refractivity contribution in [3.63, 3.8) is 0 Å². The summed E-state index contributed by atoms with van der Waals surface area (Å²) in [5, 5.41) is 11.7. The van der Waals surface area contributed by atoms with Gasteiger partial charge in [-0.1, -0.05) is 67.5 Å². The van der Waals surface area contributed by atoms with Gasteiger partial charge in [0.05, 0.1) is 41.5 Å². The lowest BCUT2D eigenvalue weighted by Gasteiger charge is -2.40. The third kappa shape index (κ3) is 8.69. The molecule has 45 heavy (non-hydrogen) atoms. The second-order valence-electron chi connectivity index (χ2n) is 15.5. The highest BCUT2D eigenvalue weighted by atomic mass is 28.4. The van der Waals surface area contributed by atoms with Crippen molar-refractivity contribution in [2.45, 2.75) is 129 Å². The van der Waals surface area contributed by atoms with Gasteiger partial charge in [-0.15, -0.1) is 0 Å². The summed E-state index contributed by atoms with van der Waals surface area (Å²) in [5.74, 6) is -0.121. The molecule has 2 heterocycles. The Kier molecular flexibility index (Phi) is 11.3. The molecule has 0 aliphatic carbocycles. The fourth-order valence-electron chi connectivity index (χ4n) is 4.77. The number of H-pyrrole nitrogens is 1. The summed E-state index contributed by atoms with van der Waals surface area (Å²) in [5.41, 5.74) is -0.578. The predicted molar refractivity (Wildman–Crippen MR) is 181 cm³/mol. The van der Waals surface area contributed by atoms with Gasteiger partial charge in [-0.05, 0) is 48.2 Å². The van der Waals surface area contributed by atoms with E-state index in [1.807, 2.05) is 13.8 Å².